The molecule has 0 amide bonds. The number of hydrogen-bond acceptors (Lipinski definition) is 2. The molecule has 182 valence electrons. The van der Waals surface area contributed by atoms with Crippen LogP contribution in [0.4, 0.5) is 0 Å². The zero-order valence-electron chi connectivity index (χ0n) is 22.5. The van der Waals surface area contributed by atoms with E-state index in [1.54, 1.807) is 0 Å². The highest BCUT2D eigenvalue weighted by molar-refractivity contribution is 6.10. The summed E-state index contributed by atoms with van der Waals surface area (Å²) in [5.41, 5.74) is 13.0. The van der Waals surface area contributed by atoms with Crippen LogP contribution >= 0.6 is 0 Å². The molecular weight excluding hydrogens is 440 g/mol. The highest BCUT2D eigenvalue weighted by Crippen LogP contribution is 2.53. The van der Waals surface area contributed by atoms with Crippen molar-refractivity contribution in [2.45, 2.75) is 65.7 Å². The molecule has 1 aliphatic carbocycles. The summed E-state index contributed by atoms with van der Waals surface area (Å²) in [6, 6.07) is 17.9. The number of aryl methyl sites for hydroxylation is 3. The molecule has 0 saturated carbocycles. The van der Waals surface area contributed by atoms with E-state index in [4.69, 9.17) is 9.40 Å². The van der Waals surface area contributed by atoms with E-state index in [1.807, 2.05) is 0 Å². The van der Waals surface area contributed by atoms with Crippen LogP contribution in [0.5, 0.6) is 0 Å². The summed E-state index contributed by atoms with van der Waals surface area (Å²) in [6.45, 7) is 13.5. The topological polar surface area (TPSA) is 29.9 Å². The van der Waals surface area contributed by atoms with Crippen molar-refractivity contribution in [3.8, 4) is 22.4 Å². The first-order valence-corrected chi connectivity index (χ1v) is 13.3. The molecule has 5 aromatic rings. The molecule has 6 rings (SSSR count). The number of nitrogens with zero attached hydrogens (tertiary/aromatic N) is 2. The lowest BCUT2D eigenvalue weighted by atomic mass is 9.76. The van der Waals surface area contributed by atoms with Gasteiger partial charge in [0.25, 0.3) is 0 Å². The number of furan rings is 1. The average Bonchev–Trinajstić information content (AvgIpc) is 3.36. The van der Waals surface area contributed by atoms with Crippen molar-refractivity contribution in [3.05, 3.63) is 82.7 Å². The fourth-order valence-corrected chi connectivity index (χ4v) is 6.60. The molecule has 0 spiro atoms. The predicted octanol–water partition coefficient (Wildman–Crippen LogP) is 8.30. The van der Waals surface area contributed by atoms with Gasteiger partial charge in [-0.2, -0.15) is 0 Å². The van der Waals surface area contributed by atoms with E-state index in [1.165, 1.54) is 44.8 Å². The quantitative estimate of drug-likeness (QED) is 0.245. The normalized spacial score (nSPS) is 14.1. The third-order valence-electron chi connectivity index (χ3n) is 8.64. The maximum Gasteiger partial charge on any atom is 0.227 e. The zero-order chi connectivity index (χ0) is 25.4. The predicted molar refractivity (Wildman–Crippen MR) is 148 cm³/mol. The zero-order valence-corrected chi connectivity index (χ0v) is 22.5. The minimum Gasteiger partial charge on any atom is -0.437 e. The smallest absolute Gasteiger partial charge is 0.227 e. The molecule has 0 fully saturated rings. The van der Waals surface area contributed by atoms with Gasteiger partial charge in [0.05, 0.1) is 11.3 Å². The summed E-state index contributed by atoms with van der Waals surface area (Å²) < 4.78 is 8.92. The van der Waals surface area contributed by atoms with Crippen LogP contribution < -0.4 is 4.57 Å². The van der Waals surface area contributed by atoms with Crippen molar-refractivity contribution in [1.29, 1.82) is 0 Å². The molecule has 0 bridgehead atoms. The molecule has 2 aromatic carbocycles. The monoisotopic (exact) mass is 475 g/mol. The van der Waals surface area contributed by atoms with Crippen molar-refractivity contribution in [1.82, 2.24) is 4.98 Å². The van der Waals surface area contributed by atoms with Crippen molar-refractivity contribution in [2.24, 2.45) is 7.05 Å². The lowest BCUT2D eigenvalue weighted by Gasteiger charge is -2.28. The van der Waals surface area contributed by atoms with Gasteiger partial charge in [0.15, 0.2) is 11.8 Å². The van der Waals surface area contributed by atoms with Gasteiger partial charge in [-0.3, -0.25) is 0 Å². The highest BCUT2D eigenvalue weighted by atomic mass is 16.3. The largest absolute Gasteiger partial charge is 0.437 e. The fraction of sp³-hybridized carbons (Fsp3) is 0.333. The van der Waals surface area contributed by atoms with Crippen LogP contribution in [0.2, 0.25) is 0 Å². The number of hydrogen-bond donors (Lipinski definition) is 0. The maximum absolute atomic E-state index is 6.67. The van der Waals surface area contributed by atoms with Gasteiger partial charge in [0.1, 0.15) is 7.05 Å². The number of aromatic nitrogens is 2. The van der Waals surface area contributed by atoms with Gasteiger partial charge in [-0.25, -0.2) is 9.55 Å². The summed E-state index contributed by atoms with van der Waals surface area (Å²) in [5.74, 6) is 0.486. The summed E-state index contributed by atoms with van der Waals surface area (Å²) in [4.78, 5) is 5.27. The molecule has 0 saturated heterocycles. The Morgan fingerprint density at radius 3 is 2.39 bits per heavy atom. The Labute approximate surface area is 213 Å². The Balaban J connectivity index is 1.66. The number of pyridine rings is 2. The van der Waals surface area contributed by atoms with Crippen molar-refractivity contribution in [3.63, 3.8) is 0 Å². The molecule has 0 radical (unpaired) electrons. The third kappa shape index (κ3) is 2.98. The second-order valence-electron chi connectivity index (χ2n) is 10.9. The van der Waals surface area contributed by atoms with E-state index in [0.717, 1.165) is 40.5 Å². The first kappa shape index (κ1) is 23.0. The summed E-state index contributed by atoms with van der Waals surface area (Å²) in [6.07, 6.45) is 4.32. The van der Waals surface area contributed by atoms with Crippen LogP contribution in [0, 0.1) is 13.8 Å². The van der Waals surface area contributed by atoms with Crippen LogP contribution in [0.1, 0.15) is 74.4 Å². The van der Waals surface area contributed by atoms with E-state index in [0.29, 0.717) is 5.92 Å². The van der Waals surface area contributed by atoms with Crippen molar-refractivity contribution < 1.29 is 8.98 Å². The number of benzene rings is 2. The van der Waals surface area contributed by atoms with Crippen molar-refractivity contribution in [2.75, 3.05) is 0 Å². The van der Waals surface area contributed by atoms with Crippen LogP contribution in [-0.2, 0) is 12.5 Å². The fourth-order valence-electron chi connectivity index (χ4n) is 6.60. The van der Waals surface area contributed by atoms with Crippen LogP contribution in [0.15, 0.2) is 59.1 Å². The summed E-state index contributed by atoms with van der Waals surface area (Å²) in [7, 11) is 2.14. The van der Waals surface area contributed by atoms with E-state index < -0.39 is 0 Å². The van der Waals surface area contributed by atoms with E-state index in [-0.39, 0.29) is 5.41 Å². The molecule has 3 heterocycles. The molecule has 0 unspecified atom stereocenters. The Hall–Kier alpha value is -3.46. The molecular formula is C33H35N2O+. The lowest BCUT2D eigenvalue weighted by Crippen LogP contribution is -2.32. The van der Waals surface area contributed by atoms with Crippen LogP contribution in [0.25, 0.3) is 44.5 Å². The van der Waals surface area contributed by atoms with Gasteiger partial charge in [0.2, 0.25) is 11.4 Å². The molecule has 0 N–H and O–H groups in total. The molecule has 36 heavy (non-hydrogen) atoms. The van der Waals surface area contributed by atoms with Crippen molar-refractivity contribution >= 4 is 22.1 Å². The maximum atomic E-state index is 6.67. The second-order valence-corrected chi connectivity index (χ2v) is 10.9. The Bertz CT molecular complexity index is 1670. The first-order valence-electron chi connectivity index (χ1n) is 13.3. The molecule has 3 aromatic heterocycles. The molecule has 0 aliphatic heterocycles. The molecule has 1 aliphatic rings. The Morgan fingerprint density at radius 2 is 1.67 bits per heavy atom. The number of fused-ring (bicyclic) bond motifs is 6. The highest BCUT2D eigenvalue weighted by Gasteiger charge is 2.42. The van der Waals surface area contributed by atoms with Gasteiger partial charge < -0.3 is 4.42 Å². The van der Waals surface area contributed by atoms with Gasteiger partial charge in [0, 0.05) is 33.4 Å². The Morgan fingerprint density at radius 1 is 0.917 bits per heavy atom. The third-order valence-corrected chi connectivity index (χ3v) is 8.64. The minimum atomic E-state index is -0.0614. The van der Waals surface area contributed by atoms with Crippen LogP contribution in [-0.4, -0.2) is 4.98 Å². The van der Waals surface area contributed by atoms with Gasteiger partial charge in [-0.15, -0.1) is 0 Å². The second kappa shape index (κ2) is 8.03. The van der Waals surface area contributed by atoms with Gasteiger partial charge in [-0.1, -0.05) is 64.1 Å². The molecule has 3 heteroatoms. The van der Waals surface area contributed by atoms with Gasteiger partial charge in [-0.05, 0) is 60.9 Å². The standard InChI is InChI=1S/C33H35N2O/c1-8-33(9-2)27-13-11-10-12-22(27)24-17-25-23-15-14-20(5)29(30(23)36-32(25)34-31(24)33)28-16-21(6)26(19(3)4)18-35(28)7/h10-19H,8-9H2,1-7H3/q+1. The summed E-state index contributed by atoms with van der Waals surface area (Å²) in [5, 5.41) is 2.23. The van der Waals surface area contributed by atoms with E-state index >= 15 is 0 Å². The summed E-state index contributed by atoms with van der Waals surface area (Å²) >= 11 is 0. The average molecular weight is 476 g/mol. The van der Waals surface area contributed by atoms with E-state index in [2.05, 4.69) is 108 Å². The minimum absolute atomic E-state index is 0.0614. The Kier molecular flexibility index (Phi) is 5.12. The molecule has 0 atom stereocenters. The van der Waals surface area contributed by atoms with Crippen LogP contribution in [0.3, 0.4) is 0 Å². The van der Waals surface area contributed by atoms with E-state index in [9.17, 15) is 0 Å². The number of rotatable bonds is 4. The van der Waals surface area contributed by atoms with Gasteiger partial charge >= 0.3 is 0 Å². The first-order chi connectivity index (χ1) is 17.3. The SMILES string of the molecule is CCC1(CC)c2ccccc2-c2cc3c(nc21)oc1c(-c2cc(C)c(C(C)C)c[n+]2C)c(C)ccc13. The molecule has 3 nitrogen and oxygen atoms in total. The lowest BCUT2D eigenvalue weighted by molar-refractivity contribution is -0.660.